The zero-order valence-corrected chi connectivity index (χ0v) is 10.3. The summed E-state index contributed by atoms with van der Waals surface area (Å²) >= 11 is 23.0. The van der Waals surface area contributed by atoms with Gasteiger partial charge in [0, 0.05) is 0 Å². The summed E-state index contributed by atoms with van der Waals surface area (Å²) in [5.74, 6) is -0.853. The summed E-state index contributed by atoms with van der Waals surface area (Å²) < 4.78 is 0.916. The SMILES string of the molecule is CCCC(Cl)(Cl)C(Cl)(Cl)C(=O)OC. The van der Waals surface area contributed by atoms with Crippen molar-refractivity contribution in [3.63, 3.8) is 0 Å². The first-order valence-electron chi connectivity index (χ1n) is 3.63. The largest absolute Gasteiger partial charge is 0.467 e. The molecule has 13 heavy (non-hydrogen) atoms. The van der Waals surface area contributed by atoms with E-state index in [1.807, 2.05) is 6.92 Å². The van der Waals surface area contributed by atoms with E-state index in [0.29, 0.717) is 12.8 Å². The molecule has 0 N–H and O–H groups in total. The topological polar surface area (TPSA) is 26.3 Å². The minimum atomic E-state index is -1.93. The Morgan fingerprint density at radius 3 is 2.08 bits per heavy atom. The smallest absolute Gasteiger partial charge is 0.345 e. The van der Waals surface area contributed by atoms with Crippen LogP contribution in [0.5, 0.6) is 0 Å². The zero-order valence-electron chi connectivity index (χ0n) is 7.24. The standard InChI is InChI=1S/C7H10Cl4O2/c1-3-4-6(8,9)7(10,11)5(12)13-2/h3-4H2,1-2H3. The molecule has 0 saturated heterocycles. The number of methoxy groups -OCH3 is 1. The second kappa shape index (κ2) is 4.92. The molecule has 78 valence electrons. The summed E-state index contributed by atoms with van der Waals surface area (Å²) in [6, 6.07) is 0. The van der Waals surface area contributed by atoms with Gasteiger partial charge >= 0.3 is 5.97 Å². The fourth-order valence-electron chi connectivity index (χ4n) is 0.748. The minimum Gasteiger partial charge on any atom is -0.467 e. The van der Waals surface area contributed by atoms with E-state index in [4.69, 9.17) is 46.4 Å². The molecule has 0 aromatic rings. The van der Waals surface area contributed by atoms with E-state index in [-0.39, 0.29) is 0 Å². The molecule has 0 aliphatic heterocycles. The lowest BCUT2D eigenvalue weighted by Crippen LogP contribution is -2.44. The maximum Gasteiger partial charge on any atom is 0.345 e. The monoisotopic (exact) mass is 266 g/mol. The van der Waals surface area contributed by atoms with Crippen molar-refractivity contribution in [1.82, 2.24) is 0 Å². The van der Waals surface area contributed by atoms with Crippen LogP contribution in [-0.4, -0.2) is 21.7 Å². The van der Waals surface area contributed by atoms with Gasteiger partial charge in [-0.2, -0.15) is 0 Å². The molecule has 0 rings (SSSR count). The molecule has 0 aliphatic rings. The first-order chi connectivity index (χ1) is 5.79. The van der Waals surface area contributed by atoms with Crippen molar-refractivity contribution in [1.29, 1.82) is 0 Å². The van der Waals surface area contributed by atoms with E-state index in [0.717, 1.165) is 7.11 Å². The molecule has 0 radical (unpaired) electrons. The van der Waals surface area contributed by atoms with Gasteiger partial charge in [-0.15, -0.1) is 0 Å². The Kier molecular flexibility index (Phi) is 5.16. The lowest BCUT2D eigenvalue weighted by atomic mass is 10.2. The Morgan fingerprint density at radius 2 is 1.77 bits per heavy atom. The molecule has 0 aromatic heterocycles. The molecule has 0 aliphatic carbocycles. The van der Waals surface area contributed by atoms with Gasteiger partial charge in [0.2, 0.25) is 4.33 Å². The predicted octanol–water partition coefficient (Wildman–Crippen LogP) is 3.31. The van der Waals surface area contributed by atoms with Crippen molar-refractivity contribution in [3.05, 3.63) is 0 Å². The third-order valence-electron chi connectivity index (χ3n) is 1.47. The van der Waals surface area contributed by atoms with E-state index in [1.165, 1.54) is 0 Å². The second-order valence-electron chi connectivity index (χ2n) is 2.52. The van der Waals surface area contributed by atoms with Crippen LogP contribution in [0.25, 0.3) is 0 Å². The number of esters is 1. The van der Waals surface area contributed by atoms with Gasteiger partial charge in [-0.25, -0.2) is 4.79 Å². The first-order valence-corrected chi connectivity index (χ1v) is 5.14. The summed E-state index contributed by atoms with van der Waals surface area (Å²) in [5, 5.41) is 0. The van der Waals surface area contributed by atoms with Gasteiger partial charge in [-0.1, -0.05) is 59.7 Å². The van der Waals surface area contributed by atoms with E-state index >= 15 is 0 Å². The minimum absolute atomic E-state index is 0.304. The molecule has 0 fully saturated rings. The lowest BCUT2D eigenvalue weighted by Gasteiger charge is -2.29. The Morgan fingerprint density at radius 1 is 1.31 bits per heavy atom. The van der Waals surface area contributed by atoms with Gasteiger partial charge in [-0.3, -0.25) is 0 Å². The van der Waals surface area contributed by atoms with Crippen LogP contribution in [0.4, 0.5) is 0 Å². The highest BCUT2D eigenvalue weighted by molar-refractivity contribution is 6.68. The molecular formula is C7H10Cl4O2. The molecule has 0 atom stereocenters. The van der Waals surface area contributed by atoms with Gasteiger partial charge in [0.1, 0.15) is 0 Å². The van der Waals surface area contributed by atoms with Gasteiger partial charge in [0.05, 0.1) is 7.11 Å². The molecule has 0 amide bonds. The molecule has 2 nitrogen and oxygen atoms in total. The van der Waals surface area contributed by atoms with Crippen LogP contribution in [-0.2, 0) is 9.53 Å². The van der Waals surface area contributed by atoms with Crippen LogP contribution < -0.4 is 0 Å². The van der Waals surface area contributed by atoms with Crippen molar-refractivity contribution in [2.24, 2.45) is 0 Å². The van der Waals surface area contributed by atoms with E-state index in [9.17, 15) is 4.79 Å². The van der Waals surface area contributed by atoms with Crippen molar-refractivity contribution in [2.75, 3.05) is 7.11 Å². The van der Waals surface area contributed by atoms with Crippen LogP contribution in [0.3, 0.4) is 0 Å². The summed E-state index contributed by atoms with van der Waals surface area (Å²) in [6.07, 6.45) is 0.962. The maximum atomic E-state index is 11.1. The molecule has 6 heteroatoms. The van der Waals surface area contributed by atoms with E-state index in [2.05, 4.69) is 4.74 Å². The quantitative estimate of drug-likeness (QED) is 0.577. The maximum absolute atomic E-state index is 11.1. The highest BCUT2D eigenvalue weighted by Gasteiger charge is 2.53. The second-order valence-corrected chi connectivity index (χ2v) is 5.33. The number of ether oxygens (including phenoxy) is 1. The highest BCUT2D eigenvalue weighted by atomic mass is 35.5. The first kappa shape index (κ1) is 13.6. The van der Waals surface area contributed by atoms with Gasteiger partial charge in [-0.05, 0) is 6.42 Å². The summed E-state index contributed by atoms with van der Waals surface area (Å²) in [5.41, 5.74) is 0. The molecule has 0 bridgehead atoms. The fraction of sp³-hybridized carbons (Fsp3) is 0.857. The number of carbonyl (C=O) groups is 1. The molecule has 0 heterocycles. The van der Waals surface area contributed by atoms with Crippen LogP contribution in [0, 0.1) is 0 Å². The fourth-order valence-corrected chi connectivity index (χ4v) is 1.62. The van der Waals surface area contributed by atoms with Crippen molar-refractivity contribution in [2.45, 2.75) is 28.4 Å². The summed E-state index contributed by atoms with van der Waals surface area (Å²) in [4.78, 5) is 11.1. The number of rotatable bonds is 4. The number of alkyl halides is 4. The van der Waals surface area contributed by atoms with Crippen LogP contribution in [0.15, 0.2) is 0 Å². The summed E-state index contributed by atoms with van der Waals surface area (Å²) in [7, 11) is 1.16. The average Bonchev–Trinajstić information content (AvgIpc) is 2.02. The zero-order chi connectivity index (χ0) is 10.7. The van der Waals surface area contributed by atoms with Crippen molar-refractivity contribution in [3.8, 4) is 0 Å². The highest BCUT2D eigenvalue weighted by Crippen LogP contribution is 2.46. The Labute approximate surface area is 97.4 Å². The number of hydrogen-bond donors (Lipinski definition) is 0. The molecule has 0 spiro atoms. The number of halogens is 4. The van der Waals surface area contributed by atoms with Gasteiger partial charge in [0.15, 0.2) is 4.33 Å². The molecule has 0 saturated carbocycles. The third kappa shape index (κ3) is 3.05. The Hall–Kier alpha value is 0.630. The Bertz CT molecular complexity index is 191. The van der Waals surface area contributed by atoms with Gasteiger partial charge < -0.3 is 4.74 Å². The van der Waals surface area contributed by atoms with Crippen LogP contribution >= 0.6 is 46.4 Å². The van der Waals surface area contributed by atoms with Crippen molar-refractivity contribution >= 4 is 52.4 Å². The molecular weight excluding hydrogens is 258 g/mol. The van der Waals surface area contributed by atoms with Gasteiger partial charge in [0.25, 0.3) is 0 Å². The van der Waals surface area contributed by atoms with Crippen LogP contribution in [0.1, 0.15) is 19.8 Å². The number of hydrogen-bond acceptors (Lipinski definition) is 2. The third-order valence-corrected chi connectivity index (χ3v) is 3.75. The molecule has 0 unspecified atom stereocenters. The molecule has 0 aromatic carbocycles. The van der Waals surface area contributed by atoms with Crippen LogP contribution in [0.2, 0.25) is 0 Å². The predicted molar refractivity (Wildman–Crippen MR) is 55.8 cm³/mol. The average molecular weight is 268 g/mol. The summed E-state index contributed by atoms with van der Waals surface area (Å²) in [6.45, 7) is 1.85. The van der Waals surface area contributed by atoms with E-state index in [1.54, 1.807) is 0 Å². The normalized spacial score (nSPS) is 12.8. The lowest BCUT2D eigenvalue weighted by molar-refractivity contribution is -0.141. The number of carbonyl (C=O) groups excluding carboxylic acids is 1. The van der Waals surface area contributed by atoms with Crippen molar-refractivity contribution < 1.29 is 9.53 Å². The van der Waals surface area contributed by atoms with E-state index < -0.39 is 14.6 Å². The Balaban J connectivity index is 4.69.